The largest absolute Gasteiger partial charge is 0.310 e. The highest BCUT2D eigenvalue weighted by Gasteiger charge is 2.25. The second-order valence-corrected chi connectivity index (χ2v) is 4.78. The molecule has 1 aromatic heterocycles. The number of nitrogens with one attached hydrogen (secondary N) is 1. The van der Waals surface area contributed by atoms with E-state index in [1.807, 2.05) is 26.4 Å². The van der Waals surface area contributed by atoms with Crippen LogP contribution in [0.5, 0.6) is 0 Å². The van der Waals surface area contributed by atoms with E-state index < -0.39 is 0 Å². The average Bonchev–Trinajstić information content (AvgIpc) is 2.34. The van der Waals surface area contributed by atoms with Gasteiger partial charge in [0.15, 0.2) is 0 Å². The molecule has 1 aliphatic carbocycles. The molecule has 0 bridgehead atoms. The Labute approximate surface area is 97.7 Å². The number of aryl methyl sites for hydroxylation is 1. The van der Waals surface area contributed by atoms with Gasteiger partial charge >= 0.3 is 0 Å². The topological polar surface area (TPSA) is 37.8 Å². The third-order valence-corrected chi connectivity index (χ3v) is 3.51. The Morgan fingerprint density at radius 2 is 1.81 bits per heavy atom. The first-order valence-electron chi connectivity index (χ1n) is 6.27. The zero-order valence-electron chi connectivity index (χ0n) is 10.2. The molecule has 1 atom stereocenters. The van der Waals surface area contributed by atoms with Crippen LogP contribution in [-0.2, 0) is 0 Å². The molecule has 88 valence electrons. The number of aromatic nitrogens is 2. The molecule has 3 heteroatoms. The fraction of sp³-hybridized carbons (Fsp3) is 0.692. The summed E-state index contributed by atoms with van der Waals surface area (Å²) in [5.74, 6) is 1.67. The van der Waals surface area contributed by atoms with Crippen molar-refractivity contribution in [2.75, 3.05) is 7.05 Å². The first kappa shape index (κ1) is 11.5. The lowest BCUT2D eigenvalue weighted by atomic mass is 9.83. The average molecular weight is 219 g/mol. The molecule has 1 heterocycles. The van der Waals surface area contributed by atoms with Crippen LogP contribution in [0, 0.1) is 12.8 Å². The van der Waals surface area contributed by atoms with Gasteiger partial charge in [-0.25, -0.2) is 9.97 Å². The number of nitrogens with zero attached hydrogens (tertiary/aromatic N) is 2. The van der Waals surface area contributed by atoms with Gasteiger partial charge in [0.05, 0.1) is 6.04 Å². The van der Waals surface area contributed by atoms with Crippen LogP contribution in [0.1, 0.15) is 49.5 Å². The van der Waals surface area contributed by atoms with Gasteiger partial charge < -0.3 is 5.32 Å². The highest BCUT2D eigenvalue weighted by molar-refractivity contribution is 5.05. The fourth-order valence-corrected chi connectivity index (χ4v) is 2.61. The SMILES string of the molecule is CNC(c1ncc(C)cn1)C1CCCCC1. The summed E-state index contributed by atoms with van der Waals surface area (Å²) in [6, 6.07) is 0.334. The molecule has 1 saturated carbocycles. The molecule has 0 spiro atoms. The molecule has 1 N–H and O–H groups in total. The van der Waals surface area contributed by atoms with Crippen molar-refractivity contribution in [2.45, 2.75) is 45.1 Å². The highest BCUT2D eigenvalue weighted by atomic mass is 15.0. The van der Waals surface area contributed by atoms with Crippen LogP contribution in [0.4, 0.5) is 0 Å². The fourth-order valence-electron chi connectivity index (χ4n) is 2.61. The van der Waals surface area contributed by atoms with E-state index in [-0.39, 0.29) is 0 Å². The van der Waals surface area contributed by atoms with Crippen molar-refractivity contribution in [3.63, 3.8) is 0 Å². The van der Waals surface area contributed by atoms with Crippen molar-refractivity contribution in [1.82, 2.24) is 15.3 Å². The van der Waals surface area contributed by atoms with E-state index in [4.69, 9.17) is 0 Å². The molecule has 1 aromatic rings. The summed E-state index contributed by atoms with van der Waals surface area (Å²) in [5.41, 5.74) is 1.13. The van der Waals surface area contributed by atoms with E-state index in [0.29, 0.717) is 12.0 Å². The molecule has 16 heavy (non-hydrogen) atoms. The zero-order valence-corrected chi connectivity index (χ0v) is 10.2. The molecule has 1 fully saturated rings. The van der Waals surface area contributed by atoms with Crippen molar-refractivity contribution < 1.29 is 0 Å². The van der Waals surface area contributed by atoms with Gasteiger partial charge in [0.1, 0.15) is 5.82 Å². The number of hydrogen-bond acceptors (Lipinski definition) is 3. The monoisotopic (exact) mass is 219 g/mol. The molecule has 0 amide bonds. The molecule has 2 rings (SSSR count). The Hall–Kier alpha value is -0.960. The zero-order chi connectivity index (χ0) is 11.4. The van der Waals surface area contributed by atoms with E-state index >= 15 is 0 Å². The molecule has 0 saturated heterocycles. The Kier molecular flexibility index (Phi) is 3.88. The van der Waals surface area contributed by atoms with E-state index in [9.17, 15) is 0 Å². The predicted octanol–water partition coefficient (Wildman–Crippen LogP) is 2.63. The molecule has 1 unspecified atom stereocenters. The van der Waals surface area contributed by atoms with Gasteiger partial charge in [0.25, 0.3) is 0 Å². The molecule has 3 nitrogen and oxygen atoms in total. The second-order valence-electron chi connectivity index (χ2n) is 4.78. The summed E-state index contributed by atoms with van der Waals surface area (Å²) in [4.78, 5) is 8.90. The van der Waals surface area contributed by atoms with Crippen LogP contribution < -0.4 is 5.32 Å². The molecule has 0 aromatic carbocycles. The Morgan fingerprint density at radius 3 is 2.38 bits per heavy atom. The molecule has 1 aliphatic rings. The van der Waals surface area contributed by atoms with Gasteiger partial charge in [-0.2, -0.15) is 0 Å². The van der Waals surface area contributed by atoms with E-state index in [1.165, 1.54) is 32.1 Å². The maximum absolute atomic E-state index is 4.45. The first-order chi connectivity index (χ1) is 7.81. The minimum Gasteiger partial charge on any atom is -0.310 e. The lowest BCUT2D eigenvalue weighted by molar-refractivity contribution is 0.273. The van der Waals surface area contributed by atoms with Crippen LogP contribution in [-0.4, -0.2) is 17.0 Å². The summed E-state index contributed by atoms with van der Waals surface area (Å²) < 4.78 is 0. The van der Waals surface area contributed by atoms with Crippen molar-refractivity contribution in [2.24, 2.45) is 5.92 Å². The van der Waals surface area contributed by atoms with Crippen LogP contribution >= 0.6 is 0 Å². The van der Waals surface area contributed by atoms with Gasteiger partial charge in [0.2, 0.25) is 0 Å². The van der Waals surface area contributed by atoms with Gasteiger partial charge in [-0.15, -0.1) is 0 Å². The summed E-state index contributed by atoms with van der Waals surface area (Å²) in [6.45, 7) is 2.03. The standard InChI is InChI=1S/C13H21N3/c1-10-8-15-13(16-9-10)12(14-2)11-6-4-3-5-7-11/h8-9,11-12,14H,3-7H2,1-2H3. The van der Waals surface area contributed by atoms with Crippen LogP contribution in [0.3, 0.4) is 0 Å². The maximum Gasteiger partial charge on any atom is 0.145 e. The predicted molar refractivity (Wildman–Crippen MR) is 65.1 cm³/mol. The van der Waals surface area contributed by atoms with Gasteiger partial charge in [0, 0.05) is 12.4 Å². The first-order valence-corrected chi connectivity index (χ1v) is 6.27. The summed E-state index contributed by atoms with van der Waals surface area (Å²) >= 11 is 0. The second kappa shape index (κ2) is 5.39. The van der Waals surface area contributed by atoms with Gasteiger partial charge in [-0.1, -0.05) is 19.3 Å². The number of rotatable bonds is 3. The third-order valence-electron chi connectivity index (χ3n) is 3.51. The Balaban J connectivity index is 2.11. The van der Waals surface area contributed by atoms with Crippen molar-refractivity contribution in [1.29, 1.82) is 0 Å². The summed E-state index contributed by atoms with van der Waals surface area (Å²) in [7, 11) is 2.02. The molecular formula is C13H21N3. The van der Waals surface area contributed by atoms with Gasteiger partial charge in [-0.3, -0.25) is 0 Å². The quantitative estimate of drug-likeness (QED) is 0.849. The van der Waals surface area contributed by atoms with Crippen LogP contribution in [0.25, 0.3) is 0 Å². The van der Waals surface area contributed by atoms with E-state index in [0.717, 1.165) is 11.4 Å². The van der Waals surface area contributed by atoms with Crippen molar-refractivity contribution >= 4 is 0 Å². The lowest BCUT2D eigenvalue weighted by Gasteiger charge is -2.28. The highest BCUT2D eigenvalue weighted by Crippen LogP contribution is 2.32. The van der Waals surface area contributed by atoms with Crippen LogP contribution in [0.15, 0.2) is 12.4 Å². The van der Waals surface area contributed by atoms with Crippen LogP contribution in [0.2, 0.25) is 0 Å². The van der Waals surface area contributed by atoms with E-state index in [2.05, 4.69) is 15.3 Å². The maximum atomic E-state index is 4.45. The Morgan fingerprint density at radius 1 is 1.19 bits per heavy atom. The molecule has 0 aliphatic heterocycles. The number of hydrogen-bond donors (Lipinski definition) is 1. The third kappa shape index (κ3) is 2.59. The van der Waals surface area contributed by atoms with Crippen molar-refractivity contribution in [3.8, 4) is 0 Å². The normalized spacial score (nSPS) is 19.6. The molecule has 0 radical (unpaired) electrons. The smallest absolute Gasteiger partial charge is 0.145 e. The van der Waals surface area contributed by atoms with E-state index in [1.54, 1.807) is 0 Å². The lowest BCUT2D eigenvalue weighted by Crippen LogP contribution is -2.28. The summed E-state index contributed by atoms with van der Waals surface area (Å²) in [6.07, 6.45) is 10.5. The summed E-state index contributed by atoms with van der Waals surface area (Å²) in [5, 5.41) is 3.38. The van der Waals surface area contributed by atoms with Gasteiger partial charge in [-0.05, 0) is 38.3 Å². The Bertz CT molecular complexity index is 314. The minimum atomic E-state index is 0.334. The molecular weight excluding hydrogens is 198 g/mol. The van der Waals surface area contributed by atoms with Crippen molar-refractivity contribution in [3.05, 3.63) is 23.8 Å². The minimum absolute atomic E-state index is 0.334.